The van der Waals surface area contributed by atoms with Gasteiger partial charge in [-0.1, -0.05) is 78.6 Å². The number of hydrogen-bond acceptors (Lipinski definition) is 6. The van der Waals surface area contributed by atoms with Gasteiger partial charge < -0.3 is 9.47 Å². The lowest BCUT2D eigenvalue weighted by atomic mass is 10.2. The summed E-state index contributed by atoms with van der Waals surface area (Å²) in [6.45, 7) is 0.446. The standard InChI is InChI=1S/C27H21NO4S2/c1-31-22-12-7-19(8-13-22)11-16-25(29)32-23-14-9-20(10-15-23)17-24-26(30)28(27(33)34-24)18-21-5-3-2-4-6-21/h2-17H,18H2,1H3/b16-11+,24-17+. The first-order chi connectivity index (χ1) is 16.5. The van der Waals surface area contributed by atoms with Crippen LogP contribution in [0.5, 0.6) is 11.5 Å². The van der Waals surface area contributed by atoms with E-state index in [0.717, 1.165) is 22.4 Å². The topological polar surface area (TPSA) is 55.8 Å². The zero-order valence-electron chi connectivity index (χ0n) is 18.3. The first-order valence-electron chi connectivity index (χ1n) is 10.4. The summed E-state index contributed by atoms with van der Waals surface area (Å²) in [4.78, 5) is 27.1. The summed E-state index contributed by atoms with van der Waals surface area (Å²) in [7, 11) is 1.60. The van der Waals surface area contributed by atoms with Crippen LogP contribution in [0.25, 0.3) is 12.2 Å². The molecule has 3 aromatic rings. The van der Waals surface area contributed by atoms with Gasteiger partial charge in [-0.15, -0.1) is 0 Å². The average Bonchev–Trinajstić information content (AvgIpc) is 3.12. The van der Waals surface area contributed by atoms with Gasteiger partial charge in [0.1, 0.15) is 15.8 Å². The minimum Gasteiger partial charge on any atom is -0.497 e. The van der Waals surface area contributed by atoms with Crippen molar-refractivity contribution in [2.24, 2.45) is 0 Å². The fraction of sp³-hybridized carbons (Fsp3) is 0.0741. The molecule has 3 aromatic carbocycles. The smallest absolute Gasteiger partial charge is 0.336 e. The van der Waals surface area contributed by atoms with Gasteiger partial charge in [0.2, 0.25) is 0 Å². The molecule has 0 atom stereocenters. The summed E-state index contributed by atoms with van der Waals surface area (Å²) in [6, 6.07) is 24.0. The number of ether oxygens (including phenoxy) is 2. The molecule has 0 bridgehead atoms. The van der Waals surface area contributed by atoms with Crippen LogP contribution >= 0.6 is 24.0 Å². The Bertz CT molecular complexity index is 1250. The first kappa shape index (κ1) is 23.5. The van der Waals surface area contributed by atoms with Crippen molar-refractivity contribution < 1.29 is 19.1 Å². The molecule has 1 heterocycles. The fourth-order valence-electron chi connectivity index (χ4n) is 3.22. The zero-order chi connectivity index (χ0) is 23.9. The van der Waals surface area contributed by atoms with Crippen LogP contribution in [0.1, 0.15) is 16.7 Å². The second kappa shape index (κ2) is 11.0. The van der Waals surface area contributed by atoms with Crippen molar-refractivity contribution in [3.05, 3.63) is 107 Å². The third kappa shape index (κ3) is 6.01. The van der Waals surface area contributed by atoms with Gasteiger partial charge in [0.15, 0.2) is 0 Å². The van der Waals surface area contributed by atoms with Gasteiger partial charge in [0.05, 0.1) is 18.6 Å². The van der Waals surface area contributed by atoms with Crippen molar-refractivity contribution >= 4 is 52.3 Å². The van der Waals surface area contributed by atoms with E-state index in [1.807, 2.05) is 54.6 Å². The van der Waals surface area contributed by atoms with E-state index in [0.29, 0.717) is 21.5 Å². The van der Waals surface area contributed by atoms with Crippen LogP contribution in [-0.2, 0) is 16.1 Å². The normalized spacial score (nSPS) is 14.7. The molecule has 1 amide bonds. The summed E-state index contributed by atoms with van der Waals surface area (Å²) in [5.74, 6) is 0.569. The molecule has 170 valence electrons. The third-order valence-electron chi connectivity index (χ3n) is 4.98. The van der Waals surface area contributed by atoms with Gasteiger partial charge in [-0.25, -0.2) is 4.79 Å². The maximum Gasteiger partial charge on any atom is 0.336 e. The Labute approximate surface area is 207 Å². The van der Waals surface area contributed by atoms with Crippen LogP contribution in [-0.4, -0.2) is 28.2 Å². The molecule has 1 aliphatic heterocycles. The van der Waals surface area contributed by atoms with E-state index < -0.39 is 5.97 Å². The van der Waals surface area contributed by atoms with Crippen LogP contribution < -0.4 is 9.47 Å². The van der Waals surface area contributed by atoms with Crippen LogP contribution in [0.15, 0.2) is 89.8 Å². The second-order valence-corrected chi connectivity index (χ2v) is 9.03. The number of esters is 1. The molecule has 1 saturated heterocycles. The summed E-state index contributed by atoms with van der Waals surface area (Å²) >= 11 is 6.69. The van der Waals surface area contributed by atoms with Gasteiger partial charge in [-0.2, -0.15) is 0 Å². The molecule has 0 radical (unpaired) electrons. The van der Waals surface area contributed by atoms with Crippen molar-refractivity contribution in [1.82, 2.24) is 4.90 Å². The Morgan fingerprint density at radius 3 is 2.26 bits per heavy atom. The van der Waals surface area contributed by atoms with E-state index in [2.05, 4.69) is 0 Å². The van der Waals surface area contributed by atoms with E-state index in [4.69, 9.17) is 21.7 Å². The third-order valence-corrected chi connectivity index (χ3v) is 6.36. The van der Waals surface area contributed by atoms with Crippen LogP contribution in [0.4, 0.5) is 0 Å². The predicted octanol–water partition coefficient (Wildman–Crippen LogP) is 5.72. The number of benzene rings is 3. The van der Waals surface area contributed by atoms with Gasteiger partial charge in [-0.3, -0.25) is 9.69 Å². The molecule has 1 fully saturated rings. The molecule has 34 heavy (non-hydrogen) atoms. The lowest BCUT2D eigenvalue weighted by Gasteiger charge is -2.14. The molecule has 0 unspecified atom stereocenters. The molecule has 1 aliphatic rings. The number of nitrogens with zero attached hydrogens (tertiary/aromatic N) is 1. The fourth-order valence-corrected chi connectivity index (χ4v) is 4.47. The molecule has 4 rings (SSSR count). The molecule has 7 heteroatoms. The zero-order valence-corrected chi connectivity index (χ0v) is 20.0. The maximum atomic E-state index is 12.8. The highest BCUT2D eigenvalue weighted by molar-refractivity contribution is 8.26. The first-order valence-corrected chi connectivity index (χ1v) is 11.7. The van der Waals surface area contributed by atoms with Crippen LogP contribution in [0.2, 0.25) is 0 Å². The number of amides is 1. The summed E-state index contributed by atoms with van der Waals surface area (Å²) in [5, 5.41) is 0. The van der Waals surface area contributed by atoms with E-state index in [9.17, 15) is 9.59 Å². The number of hydrogen-bond donors (Lipinski definition) is 0. The number of thioether (sulfide) groups is 1. The number of thiocarbonyl (C=S) groups is 1. The number of carbonyl (C=O) groups is 2. The van der Waals surface area contributed by atoms with Crippen LogP contribution in [0, 0.1) is 0 Å². The number of rotatable bonds is 7. The largest absolute Gasteiger partial charge is 0.497 e. The molecule has 0 spiro atoms. The van der Waals surface area contributed by atoms with E-state index in [1.165, 1.54) is 17.8 Å². The predicted molar refractivity (Wildman–Crippen MR) is 139 cm³/mol. The quantitative estimate of drug-likeness (QED) is 0.184. The SMILES string of the molecule is COc1ccc(/C=C/C(=O)Oc2ccc(/C=C3/SC(=S)N(Cc4ccccc4)C3=O)cc2)cc1. The van der Waals surface area contributed by atoms with Gasteiger partial charge in [0.25, 0.3) is 5.91 Å². The van der Waals surface area contributed by atoms with Gasteiger partial charge in [-0.05, 0) is 53.1 Å². The van der Waals surface area contributed by atoms with Gasteiger partial charge >= 0.3 is 5.97 Å². The Kier molecular flexibility index (Phi) is 7.57. The Hall–Kier alpha value is -3.68. The van der Waals surface area contributed by atoms with Crippen molar-refractivity contribution in [1.29, 1.82) is 0 Å². The second-order valence-electron chi connectivity index (χ2n) is 7.35. The molecule has 0 saturated carbocycles. The Morgan fingerprint density at radius 2 is 1.59 bits per heavy atom. The molecular formula is C27H21NO4S2. The molecule has 0 aliphatic carbocycles. The van der Waals surface area contributed by atoms with Crippen molar-refractivity contribution in [3.8, 4) is 11.5 Å². The lowest BCUT2D eigenvalue weighted by molar-refractivity contribution is -0.129. The van der Waals surface area contributed by atoms with Crippen molar-refractivity contribution in [3.63, 3.8) is 0 Å². The van der Waals surface area contributed by atoms with Crippen LogP contribution in [0.3, 0.4) is 0 Å². The summed E-state index contributed by atoms with van der Waals surface area (Å²) < 4.78 is 11.0. The molecular weight excluding hydrogens is 466 g/mol. The average molecular weight is 488 g/mol. The van der Waals surface area contributed by atoms with E-state index >= 15 is 0 Å². The Morgan fingerprint density at radius 1 is 0.941 bits per heavy atom. The molecule has 5 nitrogen and oxygen atoms in total. The van der Waals surface area contributed by atoms with Crippen molar-refractivity contribution in [2.45, 2.75) is 6.54 Å². The molecule has 0 aromatic heterocycles. The summed E-state index contributed by atoms with van der Waals surface area (Å²) in [5.41, 5.74) is 2.69. The van der Waals surface area contributed by atoms with E-state index in [-0.39, 0.29) is 5.91 Å². The highest BCUT2D eigenvalue weighted by Crippen LogP contribution is 2.33. The summed E-state index contributed by atoms with van der Waals surface area (Å²) in [6.07, 6.45) is 4.83. The minimum absolute atomic E-state index is 0.113. The minimum atomic E-state index is -0.481. The van der Waals surface area contributed by atoms with Crippen molar-refractivity contribution in [2.75, 3.05) is 7.11 Å². The number of carbonyl (C=O) groups excluding carboxylic acids is 2. The number of methoxy groups -OCH3 is 1. The monoisotopic (exact) mass is 487 g/mol. The Balaban J connectivity index is 1.36. The van der Waals surface area contributed by atoms with E-state index in [1.54, 1.807) is 48.4 Å². The van der Waals surface area contributed by atoms with Gasteiger partial charge in [0, 0.05) is 6.08 Å². The highest BCUT2D eigenvalue weighted by atomic mass is 32.2. The molecule has 0 N–H and O–H groups in total. The highest BCUT2D eigenvalue weighted by Gasteiger charge is 2.31. The maximum absolute atomic E-state index is 12.8. The lowest BCUT2D eigenvalue weighted by Crippen LogP contribution is -2.27.